The fourth-order valence-corrected chi connectivity index (χ4v) is 2.38. The molecule has 1 aliphatic rings. The molecular formula is C14H16FNO3. The average molecular weight is 265 g/mol. The molecule has 0 saturated carbocycles. The normalized spacial score (nSPS) is 22.7. The van der Waals surface area contributed by atoms with Crippen molar-refractivity contribution < 1.29 is 18.7 Å². The van der Waals surface area contributed by atoms with E-state index in [1.54, 1.807) is 19.1 Å². The van der Waals surface area contributed by atoms with E-state index in [1.165, 1.54) is 12.1 Å². The van der Waals surface area contributed by atoms with Crippen molar-refractivity contribution in [3.05, 3.63) is 35.6 Å². The highest BCUT2D eigenvalue weighted by Gasteiger charge is 2.39. The average Bonchev–Trinajstić information content (AvgIpc) is 2.39. The molecule has 1 aliphatic heterocycles. The number of nitrogens with one attached hydrogen (secondary N) is 1. The molecule has 1 fully saturated rings. The molecule has 1 aromatic rings. The Hall–Kier alpha value is -1.91. The molecule has 1 N–H and O–H groups in total. The lowest BCUT2D eigenvalue weighted by atomic mass is 9.80. The quantitative estimate of drug-likeness (QED) is 0.667. The summed E-state index contributed by atoms with van der Waals surface area (Å²) in [5.74, 6) is -2.28. The number of piperidine rings is 1. The van der Waals surface area contributed by atoms with E-state index < -0.39 is 11.9 Å². The number of amides is 1. The summed E-state index contributed by atoms with van der Waals surface area (Å²) in [6.45, 7) is 2.45. The number of ether oxygens (including phenoxy) is 1. The van der Waals surface area contributed by atoms with Gasteiger partial charge in [0.15, 0.2) is 0 Å². The summed E-state index contributed by atoms with van der Waals surface area (Å²) in [6.07, 6.45) is 0.640. The highest BCUT2D eigenvalue weighted by atomic mass is 19.1. The zero-order valence-electron chi connectivity index (χ0n) is 10.7. The second-order valence-electron chi connectivity index (χ2n) is 4.47. The van der Waals surface area contributed by atoms with Crippen molar-refractivity contribution in [2.24, 2.45) is 5.92 Å². The Labute approximate surface area is 110 Å². The molecule has 2 atom stereocenters. The van der Waals surface area contributed by atoms with Gasteiger partial charge in [-0.25, -0.2) is 4.39 Å². The topological polar surface area (TPSA) is 55.4 Å². The van der Waals surface area contributed by atoms with E-state index in [2.05, 4.69) is 5.32 Å². The summed E-state index contributed by atoms with van der Waals surface area (Å²) in [5, 5.41) is 2.67. The van der Waals surface area contributed by atoms with Crippen molar-refractivity contribution in [1.82, 2.24) is 5.32 Å². The lowest BCUT2D eigenvalue weighted by Gasteiger charge is -2.29. The SMILES string of the molecule is CCOC(=O)[C@@H]1C(=O)NCC[C@H]1c1ccc(F)cc1. The van der Waals surface area contributed by atoms with Crippen LogP contribution >= 0.6 is 0 Å². The second kappa shape index (κ2) is 5.82. The van der Waals surface area contributed by atoms with Crippen LogP contribution in [-0.2, 0) is 14.3 Å². The smallest absolute Gasteiger partial charge is 0.319 e. The fourth-order valence-electron chi connectivity index (χ4n) is 2.38. The Morgan fingerprint density at radius 2 is 2.11 bits per heavy atom. The summed E-state index contributed by atoms with van der Waals surface area (Å²) in [4.78, 5) is 23.8. The molecule has 1 heterocycles. The number of carbonyl (C=O) groups excluding carboxylic acids is 2. The number of carbonyl (C=O) groups is 2. The molecule has 19 heavy (non-hydrogen) atoms. The van der Waals surface area contributed by atoms with Crippen LogP contribution in [0, 0.1) is 11.7 Å². The number of halogens is 1. The van der Waals surface area contributed by atoms with E-state index in [-0.39, 0.29) is 24.2 Å². The van der Waals surface area contributed by atoms with Crippen LogP contribution in [0.3, 0.4) is 0 Å². The molecule has 0 spiro atoms. The molecule has 0 unspecified atom stereocenters. The van der Waals surface area contributed by atoms with Gasteiger partial charge in [0.1, 0.15) is 11.7 Å². The minimum Gasteiger partial charge on any atom is -0.465 e. The first-order valence-electron chi connectivity index (χ1n) is 6.33. The van der Waals surface area contributed by atoms with E-state index >= 15 is 0 Å². The van der Waals surface area contributed by atoms with Gasteiger partial charge in [-0.15, -0.1) is 0 Å². The molecule has 102 valence electrons. The molecule has 0 aliphatic carbocycles. The predicted molar refractivity (Wildman–Crippen MR) is 66.9 cm³/mol. The van der Waals surface area contributed by atoms with Gasteiger partial charge in [0.2, 0.25) is 5.91 Å². The molecule has 1 saturated heterocycles. The maximum absolute atomic E-state index is 12.9. The van der Waals surface area contributed by atoms with E-state index in [1.807, 2.05) is 0 Å². The van der Waals surface area contributed by atoms with Gasteiger partial charge in [-0.3, -0.25) is 9.59 Å². The molecule has 4 nitrogen and oxygen atoms in total. The van der Waals surface area contributed by atoms with Gasteiger partial charge in [0, 0.05) is 12.5 Å². The maximum Gasteiger partial charge on any atom is 0.319 e. The van der Waals surface area contributed by atoms with E-state index in [9.17, 15) is 14.0 Å². The number of hydrogen-bond acceptors (Lipinski definition) is 3. The van der Waals surface area contributed by atoms with E-state index in [4.69, 9.17) is 4.74 Å². The summed E-state index contributed by atoms with van der Waals surface area (Å²) >= 11 is 0. The first-order chi connectivity index (χ1) is 9.13. The predicted octanol–water partition coefficient (Wildman–Crippen LogP) is 1.61. The molecule has 5 heteroatoms. The van der Waals surface area contributed by atoms with Crippen molar-refractivity contribution in [3.63, 3.8) is 0 Å². The first kappa shape index (κ1) is 13.5. The van der Waals surface area contributed by atoms with Crippen molar-refractivity contribution >= 4 is 11.9 Å². The molecular weight excluding hydrogens is 249 g/mol. The van der Waals surface area contributed by atoms with Gasteiger partial charge < -0.3 is 10.1 Å². The fraction of sp³-hybridized carbons (Fsp3) is 0.429. The number of hydrogen-bond donors (Lipinski definition) is 1. The van der Waals surface area contributed by atoms with Gasteiger partial charge >= 0.3 is 5.97 Å². The zero-order chi connectivity index (χ0) is 13.8. The van der Waals surface area contributed by atoms with Crippen molar-refractivity contribution in [2.75, 3.05) is 13.2 Å². The third kappa shape index (κ3) is 2.92. The monoisotopic (exact) mass is 265 g/mol. The van der Waals surface area contributed by atoms with E-state index in [0.717, 1.165) is 5.56 Å². The minimum absolute atomic E-state index is 0.235. The summed E-state index contributed by atoms with van der Waals surface area (Å²) in [6, 6.07) is 5.91. The molecule has 1 aromatic carbocycles. The largest absolute Gasteiger partial charge is 0.465 e. The van der Waals surface area contributed by atoms with Crippen LogP contribution in [-0.4, -0.2) is 25.0 Å². The lowest BCUT2D eigenvalue weighted by molar-refractivity contribution is -0.154. The van der Waals surface area contributed by atoms with Gasteiger partial charge in [0.05, 0.1) is 6.61 Å². The Balaban J connectivity index is 2.27. The molecule has 1 amide bonds. The molecule has 2 rings (SSSR count). The van der Waals surface area contributed by atoms with Gasteiger partial charge in [-0.05, 0) is 31.0 Å². The second-order valence-corrected chi connectivity index (χ2v) is 4.47. The Morgan fingerprint density at radius 1 is 1.42 bits per heavy atom. The third-order valence-electron chi connectivity index (χ3n) is 3.28. The van der Waals surface area contributed by atoms with Crippen LogP contribution in [0.1, 0.15) is 24.8 Å². The van der Waals surface area contributed by atoms with Crippen molar-refractivity contribution in [2.45, 2.75) is 19.3 Å². The van der Waals surface area contributed by atoms with Gasteiger partial charge in [0.25, 0.3) is 0 Å². The lowest BCUT2D eigenvalue weighted by Crippen LogP contribution is -2.45. The van der Waals surface area contributed by atoms with Crippen LogP contribution in [0.4, 0.5) is 4.39 Å². The number of benzene rings is 1. The van der Waals surface area contributed by atoms with Crippen LogP contribution in [0.25, 0.3) is 0 Å². The summed E-state index contributed by atoms with van der Waals surface area (Å²) in [5.41, 5.74) is 0.786. The Kier molecular flexibility index (Phi) is 4.14. The molecule has 0 bridgehead atoms. The molecule has 0 radical (unpaired) electrons. The van der Waals surface area contributed by atoms with Crippen LogP contribution < -0.4 is 5.32 Å². The van der Waals surface area contributed by atoms with Crippen LogP contribution in [0.15, 0.2) is 24.3 Å². The summed E-state index contributed by atoms with van der Waals surface area (Å²) in [7, 11) is 0. The van der Waals surface area contributed by atoms with Crippen molar-refractivity contribution in [1.29, 1.82) is 0 Å². The standard InChI is InChI=1S/C14H16FNO3/c1-2-19-14(18)12-11(7-8-16-13(12)17)9-3-5-10(15)6-4-9/h3-6,11-12H,2,7-8H2,1H3,(H,16,17)/t11-,12-/m0/s1. The number of rotatable bonds is 3. The molecule has 0 aromatic heterocycles. The first-order valence-corrected chi connectivity index (χ1v) is 6.33. The highest BCUT2D eigenvalue weighted by molar-refractivity contribution is 5.99. The van der Waals surface area contributed by atoms with Crippen molar-refractivity contribution in [3.8, 4) is 0 Å². The third-order valence-corrected chi connectivity index (χ3v) is 3.28. The Morgan fingerprint density at radius 3 is 2.74 bits per heavy atom. The Bertz CT molecular complexity index is 472. The number of esters is 1. The van der Waals surface area contributed by atoms with Crippen LogP contribution in [0.2, 0.25) is 0 Å². The van der Waals surface area contributed by atoms with Crippen LogP contribution in [0.5, 0.6) is 0 Å². The maximum atomic E-state index is 12.9. The van der Waals surface area contributed by atoms with E-state index in [0.29, 0.717) is 13.0 Å². The van der Waals surface area contributed by atoms with Gasteiger partial charge in [-0.1, -0.05) is 12.1 Å². The van der Waals surface area contributed by atoms with Gasteiger partial charge in [-0.2, -0.15) is 0 Å². The zero-order valence-corrected chi connectivity index (χ0v) is 10.7. The minimum atomic E-state index is -0.848. The summed E-state index contributed by atoms with van der Waals surface area (Å²) < 4.78 is 17.9. The highest BCUT2D eigenvalue weighted by Crippen LogP contribution is 2.31.